The number of nitrogens with one attached hydrogen (secondary N) is 6. The minimum absolute atomic E-state index is 0. The third kappa shape index (κ3) is 85.3. The third-order valence-electron chi connectivity index (χ3n) is 24.3. The summed E-state index contributed by atoms with van der Waals surface area (Å²) in [5.74, 6) is -2.59. The SMILES string of the molecule is C.CCCCC[C@H](C)C(C)=O.CCCCC[C@H](CC(=O)CCCCCCCCCCCCCCCCC(=O)OC(C)(C)C)C(C)=O.NC(=O)C(CCCCNC(=O)CCOCCOCCNC(=O)CCOCCOCCNC(=O)[C@H](CCCNC(=O)CBr)CC(=O)CBr)NC(=O)CCCCCCCCCCCCCCCCC(=O)O.O=C(O)CCOCCOCCNC(=O)OCC1c2ccccc2-c2ccccc21. The number of amides is 7. The quantitative estimate of drug-likeness (QED) is 0.0169. The number of carboxylic acids is 2. The van der Waals surface area contributed by atoms with Crippen LogP contribution < -0.4 is 37.6 Å². The van der Waals surface area contributed by atoms with Gasteiger partial charge in [0.15, 0.2) is 0 Å². The second-order valence-electron chi connectivity index (χ2n) is 38.2. The molecule has 828 valence electrons. The normalized spacial score (nSPS) is 12.1. The van der Waals surface area contributed by atoms with Gasteiger partial charge in [0.25, 0.3) is 0 Å². The number of esters is 1. The topological polar surface area (TPSA) is 451 Å². The summed E-state index contributed by atoms with van der Waals surface area (Å²) in [4.78, 5) is 164. The van der Waals surface area contributed by atoms with Crippen molar-refractivity contribution in [1.29, 1.82) is 0 Å². The summed E-state index contributed by atoms with van der Waals surface area (Å²) in [5.41, 5.74) is 9.89. The predicted molar refractivity (Wildman–Crippen MR) is 576 cm³/mol. The van der Waals surface area contributed by atoms with E-state index in [1.54, 1.807) is 13.8 Å². The van der Waals surface area contributed by atoms with Crippen LogP contribution in [0.15, 0.2) is 48.5 Å². The molecular formula is C111H191Br2N7O24. The number of carbonyl (C=O) groups excluding carboxylic acids is 12. The van der Waals surface area contributed by atoms with E-state index in [0.717, 1.165) is 103 Å². The van der Waals surface area contributed by atoms with Crippen molar-refractivity contribution < 1.29 is 115 Å². The lowest BCUT2D eigenvalue weighted by atomic mass is 9.91. The van der Waals surface area contributed by atoms with Crippen molar-refractivity contribution in [2.24, 2.45) is 23.5 Å². The molecule has 3 rings (SSSR count). The van der Waals surface area contributed by atoms with Crippen LogP contribution in [0.5, 0.6) is 0 Å². The number of rotatable bonds is 91. The van der Waals surface area contributed by atoms with Gasteiger partial charge in [0.05, 0.1) is 96.4 Å². The smallest absolute Gasteiger partial charge is 0.407 e. The van der Waals surface area contributed by atoms with E-state index in [1.807, 2.05) is 52.0 Å². The molecule has 33 heteroatoms. The number of fused-ring (bicyclic) bond motifs is 3. The third-order valence-corrected chi connectivity index (χ3v) is 25.4. The van der Waals surface area contributed by atoms with Crippen molar-refractivity contribution in [3.8, 4) is 11.1 Å². The van der Waals surface area contributed by atoms with Gasteiger partial charge in [-0.3, -0.25) is 62.3 Å². The summed E-state index contributed by atoms with van der Waals surface area (Å²) in [6.45, 7) is 20.8. The van der Waals surface area contributed by atoms with E-state index < -0.39 is 35.9 Å². The average molecular weight is 2170 g/mol. The Labute approximate surface area is 881 Å². The van der Waals surface area contributed by atoms with Gasteiger partial charge < -0.3 is 85.7 Å². The molecular weight excluding hydrogens is 1980 g/mol. The summed E-state index contributed by atoms with van der Waals surface area (Å²) < 4.78 is 43.1. The van der Waals surface area contributed by atoms with Crippen LogP contribution in [0.1, 0.15) is 401 Å². The van der Waals surface area contributed by atoms with E-state index in [9.17, 15) is 67.1 Å². The molecule has 0 heterocycles. The average Bonchev–Trinajstić information content (AvgIpc) is 1.61. The monoisotopic (exact) mass is 2160 g/mol. The van der Waals surface area contributed by atoms with E-state index in [1.165, 1.54) is 151 Å². The zero-order valence-electron chi connectivity index (χ0n) is 88.7. The summed E-state index contributed by atoms with van der Waals surface area (Å²) >= 11 is 6.21. The highest BCUT2D eigenvalue weighted by atomic mass is 79.9. The van der Waals surface area contributed by atoms with Crippen molar-refractivity contribution in [3.05, 3.63) is 59.7 Å². The first-order valence-corrected chi connectivity index (χ1v) is 56.2. The Morgan fingerprint density at radius 3 is 1.19 bits per heavy atom. The fourth-order valence-electron chi connectivity index (χ4n) is 15.9. The molecule has 0 saturated carbocycles. The lowest BCUT2D eigenvalue weighted by molar-refractivity contribution is -0.155. The highest BCUT2D eigenvalue weighted by Gasteiger charge is 2.30. The van der Waals surface area contributed by atoms with Crippen molar-refractivity contribution in [2.45, 2.75) is 401 Å². The van der Waals surface area contributed by atoms with Gasteiger partial charge in [0.2, 0.25) is 35.4 Å². The number of alkyl carbamates (subject to hydrolysis) is 1. The van der Waals surface area contributed by atoms with Gasteiger partial charge in [-0.1, -0.05) is 301 Å². The molecule has 1 aliphatic rings. The number of primary amides is 1. The standard InChI is InChI=1S/C48H86Br2N6O13.C31H58O4.C22H25NO6.C9H18O.CH4/c49-37-40(57)36-39(18-17-25-53-45(61)38-50)48(65)55-27-31-69-35-33-67-29-23-43(59)54-26-30-68-34-32-66-28-22-42(58)52-24-16-15-19-41(47(51)64)56-44(60)20-13-11-9-7-5-3-1-2-4-6-8-10-12-14-21-46(62)63;1-6-7-20-23-28(27(2)32)26-29(33)24-21-18-16-14-12-10-8-9-11-13-15-17-19-22-25-30(34)35-31(3,4)5;24-21(25)9-11-27-13-14-28-12-10-23-22(26)29-15-20-18-7-3-1-5-16(18)17-6-2-4-8-19(17)20;1-4-5-6-7-8(2)9(3)10;/h39,41H,1-38H2,(H2,51,64)(H,52,58)(H,53,61)(H,54,59)(H,55,65)(H,56,60)(H,62,63);28H,6-26H2,1-5H3;1-8,20H,9-15H2,(H,23,26)(H,24,25);8H,4-7H2,1-3H3;1H4/t39-,41?;28-;;8-;/m11.0./s1. The largest absolute Gasteiger partial charge is 0.481 e. The van der Waals surface area contributed by atoms with Gasteiger partial charge in [0, 0.05) is 108 Å². The number of carbonyl (C=O) groups is 14. The summed E-state index contributed by atoms with van der Waals surface area (Å²) in [5, 5.41) is 34.1. The van der Waals surface area contributed by atoms with Crippen LogP contribution in [0.2, 0.25) is 0 Å². The van der Waals surface area contributed by atoms with E-state index in [0.29, 0.717) is 129 Å². The Kier molecular flexibility index (Phi) is 92.4. The summed E-state index contributed by atoms with van der Waals surface area (Å²) in [7, 11) is 0. The molecule has 0 fully saturated rings. The van der Waals surface area contributed by atoms with Crippen LogP contribution in [-0.4, -0.2) is 234 Å². The second-order valence-corrected chi connectivity index (χ2v) is 39.3. The van der Waals surface area contributed by atoms with E-state index in [4.69, 9.17) is 53.8 Å². The maximum Gasteiger partial charge on any atom is 0.407 e. The molecule has 0 saturated heterocycles. The molecule has 7 amide bonds. The molecule has 0 radical (unpaired) electrons. The number of benzene rings is 2. The molecule has 2 aromatic rings. The van der Waals surface area contributed by atoms with Gasteiger partial charge in [-0.05, 0) is 128 Å². The Morgan fingerprint density at radius 1 is 0.375 bits per heavy atom. The van der Waals surface area contributed by atoms with E-state index >= 15 is 0 Å². The van der Waals surface area contributed by atoms with Crippen LogP contribution in [0.25, 0.3) is 11.1 Å². The minimum Gasteiger partial charge on any atom is -0.481 e. The molecule has 1 unspecified atom stereocenters. The zero-order chi connectivity index (χ0) is 106. The van der Waals surface area contributed by atoms with Crippen molar-refractivity contribution >= 4 is 114 Å². The number of alkyl halides is 2. The maximum absolute atomic E-state index is 12.6. The molecule has 4 atom stereocenters. The van der Waals surface area contributed by atoms with E-state index in [-0.39, 0.29) is 179 Å². The van der Waals surface area contributed by atoms with Gasteiger partial charge in [-0.25, -0.2) is 4.79 Å². The first kappa shape index (κ1) is 138. The van der Waals surface area contributed by atoms with Crippen molar-refractivity contribution in [3.63, 3.8) is 0 Å². The predicted octanol–water partition coefficient (Wildman–Crippen LogP) is 20.7. The number of hydrogen-bond donors (Lipinski definition) is 9. The van der Waals surface area contributed by atoms with Crippen LogP contribution in [0.3, 0.4) is 0 Å². The number of halogens is 2. The molecule has 31 nitrogen and oxygen atoms in total. The van der Waals surface area contributed by atoms with Gasteiger partial charge in [-0.2, -0.15) is 0 Å². The molecule has 0 aliphatic heterocycles. The number of unbranched alkanes of at least 4 members (excludes halogenated alkanes) is 31. The van der Waals surface area contributed by atoms with Gasteiger partial charge in [-0.15, -0.1) is 0 Å². The molecule has 0 bridgehead atoms. The highest BCUT2D eigenvalue weighted by molar-refractivity contribution is 9.09. The summed E-state index contributed by atoms with van der Waals surface area (Å²) in [6, 6.07) is 15.6. The number of aliphatic carboxylic acids is 2. The Morgan fingerprint density at radius 2 is 0.757 bits per heavy atom. The highest BCUT2D eigenvalue weighted by Crippen LogP contribution is 2.44. The van der Waals surface area contributed by atoms with Crippen LogP contribution >= 0.6 is 31.9 Å². The molecule has 0 aromatic heterocycles. The summed E-state index contributed by atoms with van der Waals surface area (Å²) in [6.07, 6.45) is 46.6. The molecule has 10 N–H and O–H groups in total. The Hall–Kier alpha value is -7.66. The number of ketones is 4. The van der Waals surface area contributed by atoms with Crippen molar-refractivity contribution in [2.75, 3.05) is 129 Å². The van der Waals surface area contributed by atoms with Crippen LogP contribution in [0.4, 0.5) is 4.79 Å². The number of hydrogen-bond acceptors (Lipinski definition) is 22. The van der Waals surface area contributed by atoms with Crippen LogP contribution in [0, 0.1) is 17.8 Å². The molecule has 0 spiro atoms. The Bertz CT molecular complexity index is 3660. The lowest BCUT2D eigenvalue weighted by Gasteiger charge is -2.19. The number of nitrogens with two attached hydrogens (primary N) is 1. The van der Waals surface area contributed by atoms with Gasteiger partial charge in [0.1, 0.15) is 41.4 Å². The van der Waals surface area contributed by atoms with Gasteiger partial charge >= 0.3 is 24.0 Å². The molecule has 2 aromatic carbocycles. The second kappa shape index (κ2) is 96.2. The fraction of sp³-hybridized carbons (Fsp3) is 0.766. The minimum atomic E-state index is -0.891. The first-order valence-electron chi connectivity index (χ1n) is 53.9. The van der Waals surface area contributed by atoms with Crippen molar-refractivity contribution in [1.82, 2.24) is 31.9 Å². The number of ether oxygens (including phenoxy) is 8. The fourth-order valence-corrected chi connectivity index (χ4v) is 16.3. The zero-order valence-corrected chi connectivity index (χ0v) is 91.9. The van der Waals surface area contributed by atoms with Crippen LogP contribution in [-0.2, 0) is 100 Å². The molecule has 1 aliphatic carbocycles. The lowest BCUT2D eigenvalue weighted by Crippen LogP contribution is -2.44. The Balaban J connectivity index is 0. The number of carboxylic acid groups (broad SMARTS) is 2. The molecule has 144 heavy (non-hydrogen) atoms. The van der Waals surface area contributed by atoms with E-state index in [2.05, 4.69) is 102 Å². The maximum atomic E-state index is 12.6. The number of Topliss-reactive ketones (excluding diaryl/α,β-unsaturated/α-hetero) is 4. The first-order chi connectivity index (χ1) is 68.9.